The SMILES string of the molecule is CCC(Cc1ccccc1)N(CC)CC1CCNCC1. The van der Waals surface area contributed by atoms with Crippen molar-refractivity contribution in [3.05, 3.63) is 35.9 Å². The van der Waals surface area contributed by atoms with Crippen LogP contribution < -0.4 is 5.32 Å². The summed E-state index contributed by atoms with van der Waals surface area (Å²) < 4.78 is 0. The molecule has 2 nitrogen and oxygen atoms in total. The van der Waals surface area contributed by atoms with Gasteiger partial charge in [0, 0.05) is 12.6 Å². The molecule has 112 valence electrons. The van der Waals surface area contributed by atoms with Crippen LogP contribution >= 0.6 is 0 Å². The van der Waals surface area contributed by atoms with Crippen molar-refractivity contribution in [2.24, 2.45) is 5.92 Å². The second-order valence-electron chi connectivity index (χ2n) is 6.03. The van der Waals surface area contributed by atoms with Crippen molar-refractivity contribution in [2.45, 2.75) is 45.6 Å². The van der Waals surface area contributed by atoms with Crippen LogP contribution in [0.4, 0.5) is 0 Å². The van der Waals surface area contributed by atoms with Gasteiger partial charge in [-0.05, 0) is 56.8 Å². The molecule has 0 aromatic heterocycles. The first kappa shape index (κ1) is 15.5. The molecule has 1 saturated heterocycles. The van der Waals surface area contributed by atoms with Crippen molar-refractivity contribution < 1.29 is 0 Å². The fourth-order valence-electron chi connectivity index (χ4n) is 3.35. The van der Waals surface area contributed by atoms with E-state index in [-0.39, 0.29) is 0 Å². The summed E-state index contributed by atoms with van der Waals surface area (Å²) in [5, 5.41) is 3.47. The highest BCUT2D eigenvalue weighted by Crippen LogP contribution is 2.18. The fraction of sp³-hybridized carbons (Fsp3) is 0.667. The molecule has 1 unspecified atom stereocenters. The second kappa shape index (κ2) is 8.43. The summed E-state index contributed by atoms with van der Waals surface area (Å²) in [5.74, 6) is 0.890. The number of likely N-dealkylation sites (N-methyl/N-ethyl adjacent to an activating group) is 1. The molecule has 0 radical (unpaired) electrons. The Morgan fingerprint density at radius 1 is 1.15 bits per heavy atom. The molecule has 0 spiro atoms. The average Bonchev–Trinajstić information content (AvgIpc) is 2.52. The minimum absolute atomic E-state index is 0.692. The predicted octanol–water partition coefficient (Wildman–Crippen LogP) is 3.33. The van der Waals surface area contributed by atoms with Gasteiger partial charge in [0.1, 0.15) is 0 Å². The molecule has 20 heavy (non-hydrogen) atoms. The summed E-state index contributed by atoms with van der Waals surface area (Å²) in [4.78, 5) is 2.71. The highest BCUT2D eigenvalue weighted by Gasteiger charge is 2.21. The van der Waals surface area contributed by atoms with Crippen LogP contribution in [0.1, 0.15) is 38.7 Å². The lowest BCUT2D eigenvalue weighted by Gasteiger charge is -2.35. The van der Waals surface area contributed by atoms with Crippen molar-refractivity contribution in [1.82, 2.24) is 10.2 Å². The van der Waals surface area contributed by atoms with E-state index in [1.807, 2.05) is 0 Å². The van der Waals surface area contributed by atoms with Crippen LogP contribution in [0.25, 0.3) is 0 Å². The molecule has 0 aliphatic carbocycles. The lowest BCUT2D eigenvalue weighted by molar-refractivity contribution is 0.154. The number of piperidine rings is 1. The Kier molecular flexibility index (Phi) is 6.55. The standard InChI is InChI=1S/C18H30N2/c1-3-18(14-16-8-6-5-7-9-16)20(4-2)15-17-10-12-19-13-11-17/h5-9,17-19H,3-4,10-15H2,1-2H3. The van der Waals surface area contributed by atoms with Crippen LogP contribution in [-0.4, -0.2) is 37.1 Å². The third kappa shape index (κ3) is 4.60. The van der Waals surface area contributed by atoms with E-state index in [9.17, 15) is 0 Å². The van der Waals surface area contributed by atoms with E-state index in [0.29, 0.717) is 6.04 Å². The van der Waals surface area contributed by atoms with E-state index in [2.05, 4.69) is 54.4 Å². The molecular formula is C18H30N2. The van der Waals surface area contributed by atoms with Gasteiger partial charge in [-0.25, -0.2) is 0 Å². The normalized spacial score (nSPS) is 18.4. The van der Waals surface area contributed by atoms with Crippen LogP contribution in [0, 0.1) is 5.92 Å². The summed E-state index contributed by atoms with van der Waals surface area (Å²) >= 11 is 0. The third-order valence-corrected chi connectivity index (χ3v) is 4.66. The molecule has 1 fully saturated rings. The highest BCUT2D eigenvalue weighted by molar-refractivity contribution is 5.15. The lowest BCUT2D eigenvalue weighted by Crippen LogP contribution is -2.42. The summed E-state index contributed by atoms with van der Waals surface area (Å²) in [5.41, 5.74) is 1.48. The Morgan fingerprint density at radius 2 is 1.85 bits per heavy atom. The van der Waals surface area contributed by atoms with Crippen molar-refractivity contribution in [3.63, 3.8) is 0 Å². The van der Waals surface area contributed by atoms with Crippen LogP contribution in [-0.2, 0) is 6.42 Å². The monoisotopic (exact) mass is 274 g/mol. The molecule has 1 heterocycles. The number of hydrogen-bond donors (Lipinski definition) is 1. The van der Waals surface area contributed by atoms with Crippen LogP contribution in [0.2, 0.25) is 0 Å². The van der Waals surface area contributed by atoms with E-state index in [1.165, 1.54) is 57.4 Å². The third-order valence-electron chi connectivity index (χ3n) is 4.66. The van der Waals surface area contributed by atoms with E-state index in [1.54, 1.807) is 0 Å². The lowest BCUT2D eigenvalue weighted by atomic mass is 9.95. The molecule has 1 aliphatic heterocycles. The summed E-state index contributed by atoms with van der Waals surface area (Å²) in [6, 6.07) is 11.6. The molecule has 0 saturated carbocycles. The van der Waals surface area contributed by atoms with Crippen LogP contribution in [0.15, 0.2) is 30.3 Å². The average molecular weight is 274 g/mol. The molecule has 2 rings (SSSR count). The Balaban J connectivity index is 1.92. The number of hydrogen-bond acceptors (Lipinski definition) is 2. The van der Waals surface area contributed by atoms with E-state index < -0.39 is 0 Å². The first-order valence-corrected chi connectivity index (χ1v) is 8.32. The number of nitrogens with zero attached hydrogens (tertiary/aromatic N) is 1. The topological polar surface area (TPSA) is 15.3 Å². The van der Waals surface area contributed by atoms with Gasteiger partial charge in [-0.15, -0.1) is 0 Å². The maximum absolute atomic E-state index is 3.47. The zero-order valence-electron chi connectivity index (χ0n) is 13.1. The minimum atomic E-state index is 0.692. The van der Waals surface area contributed by atoms with Crippen LogP contribution in [0.5, 0.6) is 0 Å². The van der Waals surface area contributed by atoms with E-state index in [4.69, 9.17) is 0 Å². The Morgan fingerprint density at radius 3 is 2.45 bits per heavy atom. The van der Waals surface area contributed by atoms with Crippen molar-refractivity contribution in [1.29, 1.82) is 0 Å². The van der Waals surface area contributed by atoms with Gasteiger partial charge in [-0.2, -0.15) is 0 Å². The molecule has 1 aromatic carbocycles. The molecular weight excluding hydrogens is 244 g/mol. The Labute approximate surface area is 124 Å². The Bertz CT molecular complexity index is 357. The second-order valence-corrected chi connectivity index (χ2v) is 6.03. The smallest absolute Gasteiger partial charge is 0.0133 e. The fourth-order valence-corrected chi connectivity index (χ4v) is 3.35. The van der Waals surface area contributed by atoms with Crippen molar-refractivity contribution in [3.8, 4) is 0 Å². The van der Waals surface area contributed by atoms with Gasteiger partial charge in [0.2, 0.25) is 0 Å². The maximum atomic E-state index is 3.47. The maximum Gasteiger partial charge on any atom is 0.0133 e. The quantitative estimate of drug-likeness (QED) is 0.820. The van der Waals surface area contributed by atoms with Crippen molar-refractivity contribution in [2.75, 3.05) is 26.2 Å². The molecule has 1 N–H and O–H groups in total. The van der Waals surface area contributed by atoms with Crippen LogP contribution in [0.3, 0.4) is 0 Å². The zero-order valence-corrected chi connectivity index (χ0v) is 13.1. The van der Waals surface area contributed by atoms with Gasteiger partial charge in [-0.1, -0.05) is 44.2 Å². The van der Waals surface area contributed by atoms with Crippen molar-refractivity contribution >= 4 is 0 Å². The minimum Gasteiger partial charge on any atom is -0.317 e. The molecule has 0 amide bonds. The molecule has 1 aromatic rings. The zero-order chi connectivity index (χ0) is 14.2. The predicted molar refractivity (Wildman–Crippen MR) is 87.1 cm³/mol. The first-order valence-electron chi connectivity index (χ1n) is 8.32. The van der Waals surface area contributed by atoms with Gasteiger partial charge in [-0.3, -0.25) is 0 Å². The van der Waals surface area contributed by atoms with Gasteiger partial charge in [0.15, 0.2) is 0 Å². The molecule has 2 heteroatoms. The number of nitrogens with one attached hydrogen (secondary N) is 1. The molecule has 1 aliphatic rings. The number of rotatable bonds is 7. The van der Waals surface area contributed by atoms with E-state index in [0.717, 1.165) is 5.92 Å². The Hall–Kier alpha value is -0.860. The first-order chi connectivity index (χ1) is 9.83. The summed E-state index contributed by atoms with van der Waals surface area (Å²) in [7, 11) is 0. The molecule has 0 bridgehead atoms. The largest absolute Gasteiger partial charge is 0.317 e. The van der Waals surface area contributed by atoms with Gasteiger partial charge >= 0.3 is 0 Å². The van der Waals surface area contributed by atoms with Gasteiger partial charge in [0.25, 0.3) is 0 Å². The molecule has 1 atom stereocenters. The summed E-state index contributed by atoms with van der Waals surface area (Å²) in [6.45, 7) is 9.52. The van der Waals surface area contributed by atoms with Gasteiger partial charge < -0.3 is 10.2 Å². The summed E-state index contributed by atoms with van der Waals surface area (Å²) in [6.07, 6.45) is 5.13. The highest BCUT2D eigenvalue weighted by atomic mass is 15.1. The number of benzene rings is 1. The van der Waals surface area contributed by atoms with E-state index >= 15 is 0 Å². The van der Waals surface area contributed by atoms with Gasteiger partial charge in [0.05, 0.1) is 0 Å².